The minimum Gasteiger partial charge on any atom is -0.369 e. The molecule has 3 rings (SSSR count). The van der Waals surface area contributed by atoms with Gasteiger partial charge in [0.05, 0.1) is 26.4 Å². The average Bonchev–Trinajstić information content (AvgIpc) is 3.16. The van der Waals surface area contributed by atoms with Crippen molar-refractivity contribution in [3.05, 3.63) is 35.9 Å². The predicted molar refractivity (Wildman–Crippen MR) is 212 cm³/mol. The highest BCUT2D eigenvalue weighted by molar-refractivity contribution is 7.82. The van der Waals surface area contributed by atoms with Crippen LogP contribution in [0.3, 0.4) is 0 Å². The number of hydrogen-bond acceptors (Lipinski definition) is 28. The zero-order chi connectivity index (χ0) is 53.3. The normalized spacial score (nSPS) is 26.3. The number of nitrogens with zero attached hydrogens (tertiary/aromatic N) is 1. The molecule has 10 atom stereocenters. The third-order valence-electron chi connectivity index (χ3n) is 8.31. The topological polar surface area (TPSA) is 541 Å². The fraction of sp³-hybridized carbons (Fsp3) is 0.692. The molecule has 406 valence electrons. The largest absolute Gasteiger partial charge is 0.397 e. The quantitative estimate of drug-likeness (QED) is 0.0286. The van der Waals surface area contributed by atoms with Gasteiger partial charge in [0.1, 0.15) is 43.2 Å². The van der Waals surface area contributed by atoms with Crippen molar-refractivity contribution in [1.29, 1.82) is 0 Å². The van der Waals surface area contributed by atoms with Gasteiger partial charge in [-0.3, -0.25) is 41.5 Å². The maximum Gasteiger partial charge on any atom is 0.397 e. The molecule has 0 spiro atoms. The van der Waals surface area contributed by atoms with Crippen molar-refractivity contribution < 1.29 is 153 Å². The molecule has 0 radical (unpaired) electrons. The zero-order valence-corrected chi connectivity index (χ0v) is 40.2. The van der Waals surface area contributed by atoms with Gasteiger partial charge in [-0.05, 0) is 5.56 Å². The van der Waals surface area contributed by atoms with E-state index in [4.69, 9.17) is 28.2 Å². The molecule has 1 aromatic carbocycles. The number of hydrogen-bond donors (Lipinski definition) is 8. The van der Waals surface area contributed by atoms with E-state index in [0.717, 1.165) is 12.0 Å². The van der Waals surface area contributed by atoms with Gasteiger partial charge in [0, 0.05) is 20.2 Å². The fourth-order valence-corrected chi connectivity index (χ4v) is 9.28. The van der Waals surface area contributed by atoms with Crippen LogP contribution in [-0.4, -0.2) is 216 Å². The van der Waals surface area contributed by atoms with Crippen LogP contribution in [0.5, 0.6) is 0 Å². The second kappa shape index (κ2) is 24.9. The van der Waals surface area contributed by atoms with Gasteiger partial charge in [-0.15, -0.1) is 0 Å². The highest BCUT2D eigenvalue weighted by Crippen LogP contribution is 2.33. The summed E-state index contributed by atoms with van der Waals surface area (Å²) in [5, 5.41) is 2.20. The number of rotatable bonds is 28. The van der Waals surface area contributed by atoms with Crippen molar-refractivity contribution in [1.82, 2.24) is 10.2 Å². The number of ether oxygens (including phenoxy) is 5. The van der Waals surface area contributed by atoms with E-state index in [2.05, 4.69) is 34.6 Å². The summed E-state index contributed by atoms with van der Waals surface area (Å²) in [4.78, 5) is 27.5. The minimum atomic E-state index is -5.85. The SMILES string of the molecule is CO[C@H]1O[C@@H](COCC(=O)N(CC(=O)NCCO[C@H]2O[C@@H](COS(=O)(=O)O)[C@@H](OS(=O)(=O)O)[C@H](OS(=O)(=O)O)[C@H]2OS(=O)(=O)O)Cc2ccccc2)[C@@H](OS(=O)(=O)O)[C@H](OS(=O)(=O)O)[C@H]1OS(=O)(=O)O. The van der Waals surface area contributed by atoms with E-state index in [9.17, 15) is 95.8 Å². The molecule has 0 aromatic heterocycles. The molecule has 2 aliphatic rings. The monoisotopic (exact) mass is 1160 g/mol. The first-order chi connectivity index (χ1) is 31.8. The maximum atomic E-state index is 13.5. The van der Waals surface area contributed by atoms with Crippen LogP contribution in [0, 0.1) is 0 Å². The van der Waals surface area contributed by atoms with E-state index >= 15 is 0 Å². The number of carbonyl (C=O) groups is 2. The summed E-state index contributed by atoms with van der Waals surface area (Å²) in [5.41, 5.74) is 0.368. The Balaban J connectivity index is 1.83. The second-order valence-corrected chi connectivity index (χ2v) is 20.8. The van der Waals surface area contributed by atoms with Gasteiger partial charge < -0.3 is 33.9 Å². The Morgan fingerprint density at radius 3 is 1.43 bits per heavy atom. The third-order valence-corrected chi connectivity index (χ3v) is 11.5. The molecular weight excluding hydrogens is 1120 g/mol. The Hall–Kier alpha value is -2.95. The number of amides is 2. The van der Waals surface area contributed by atoms with Crippen LogP contribution in [0.4, 0.5) is 0 Å². The molecule has 2 heterocycles. The lowest BCUT2D eigenvalue weighted by Gasteiger charge is -2.43. The lowest BCUT2D eigenvalue weighted by molar-refractivity contribution is -0.285. The first-order valence-electron chi connectivity index (χ1n) is 18.0. The molecular formula is C26H40N2O35S7. The van der Waals surface area contributed by atoms with Crippen LogP contribution in [-0.2, 0) is 142 Å². The van der Waals surface area contributed by atoms with Gasteiger partial charge in [0.2, 0.25) is 11.8 Å². The van der Waals surface area contributed by atoms with Crippen molar-refractivity contribution in [3.8, 4) is 0 Å². The molecule has 2 amide bonds. The molecule has 2 fully saturated rings. The number of benzene rings is 1. The van der Waals surface area contributed by atoms with Gasteiger partial charge in [-0.2, -0.15) is 58.9 Å². The molecule has 2 saturated heterocycles. The molecule has 0 unspecified atom stereocenters. The van der Waals surface area contributed by atoms with Crippen LogP contribution in [0.1, 0.15) is 5.56 Å². The van der Waals surface area contributed by atoms with Crippen LogP contribution < -0.4 is 5.32 Å². The van der Waals surface area contributed by atoms with E-state index in [1.165, 1.54) is 24.3 Å². The van der Waals surface area contributed by atoms with Gasteiger partial charge in [0.15, 0.2) is 24.8 Å². The van der Waals surface area contributed by atoms with Gasteiger partial charge in [-0.1, -0.05) is 30.3 Å². The van der Waals surface area contributed by atoms with Crippen molar-refractivity contribution in [2.75, 3.05) is 46.6 Å². The lowest BCUT2D eigenvalue weighted by atomic mass is 9.99. The van der Waals surface area contributed by atoms with Crippen LogP contribution in [0.2, 0.25) is 0 Å². The predicted octanol–water partition coefficient (Wildman–Crippen LogP) is -5.79. The summed E-state index contributed by atoms with van der Waals surface area (Å²) in [6.07, 6.45) is -25.3. The summed E-state index contributed by atoms with van der Waals surface area (Å²) in [6.45, 7) is -6.65. The van der Waals surface area contributed by atoms with E-state index < -0.39 is 186 Å². The van der Waals surface area contributed by atoms with E-state index in [-0.39, 0.29) is 6.54 Å². The Labute approximate surface area is 397 Å². The first kappa shape index (κ1) is 61.4. The highest BCUT2D eigenvalue weighted by Gasteiger charge is 2.55. The van der Waals surface area contributed by atoms with Crippen LogP contribution in [0.25, 0.3) is 0 Å². The van der Waals surface area contributed by atoms with E-state index in [0.29, 0.717) is 5.56 Å². The summed E-state index contributed by atoms with van der Waals surface area (Å²) in [6, 6.07) is 7.58. The minimum absolute atomic E-state index is 0.368. The Morgan fingerprint density at radius 1 is 0.571 bits per heavy atom. The summed E-state index contributed by atoms with van der Waals surface area (Å²) >= 11 is 0. The molecule has 44 heteroatoms. The van der Waals surface area contributed by atoms with Crippen molar-refractivity contribution in [2.24, 2.45) is 0 Å². The van der Waals surface area contributed by atoms with Crippen LogP contribution >= 0.6 is 0 Å². The molecule has 2 aliphatic heterocycles. The van der Waals surface area contributed by atoms with Crippen molar-refractivity contribution >= 4 is 84.6 Å². The Morgan fingerprint density at radius 2 is 0.986 bits per heavy atom. The van der Waals surface area contributed by atoms with Gasteiger partial charge >= 0.3 is 72.8 Å². The first-order valence-corrected chi connectivity index (χ1v) is 27.5. The molecule has 0 aliphatic carbocycles. The van der Waals surface area contributed by atoms with Gasteiger partial charge in [0.25, 0.3) is 0 Å². The third kappa shape index (κ3) is 22.9. The Kier molecular flexibility index (Phi) is 21.8. The summed E-state index contributed by atoms with van der Waals surface area (Å²) < 4.78 is 283. The number of carbonyl (C=O) groups excluding carboxylic acids is 2. The van der Waals surface area contributed by atoms with Crippen LogP contribution in [0.15, 0.2) is 30.3 Å². The average molecular weight is 1170 g/mol. The van der Waals surface area contributed by atoms with Crippen molar-refractivity contribution in [2.45, 2.75) is 68.0 Å². The summed E-state index contributed by atoms with van der Waals surface area (Å²) in [7, 11) is -39.1. The molecule has 0 saturated carbocycles. The molecule has 0 bridgehead atoms. The molecule has 37 nitrogen and oxygen atoms in total. The summed E-state index contributed by atoms with van der Waals surface area (Å²) in [5.74, 6) is -2.14. The maximum absolute atomic E-state index is 13.5. The second-order valence-electron chi connectivity index (χ2n) is 13.4. The smallest absolute Gasteiger partial charge is 0.369 e. The fourth-order valence-electron chi connectivity index (χ4n) is 5.99. The Bertz CT molecular complexity index is 2740. The molecule has 70 heavy (non-hydrogen) atoms. The highest BCUT2D eigenvalue weighted by atomic mass is 32.3. The lowest BCUT2D eigenvalue weighted by Crippen LogP contribution is -2.63. The molecule has 8 N–H and O–H groups in total. The van der Waals surface area contributed by atoms with E-state index in [1.807, 2.05) is 0 Å². The van der Waals surface area contributed by atoms with E-state index in [1.54, 1.807) is 6.07 Å². The zero-order valence-electron chi connectivity index (χ0n) is 34.5. The molecule has 1 aromatic rings. The van der Waals surface area contributed by atoms with Crippen molar-refractivity contribution in [3.63, 3.8) is 0 Å². The number of nitrogens with one attached hydrogen (secondary N) is 1. The standard InChI is InChI=1S/C26H40N2O35S7/c1-52-25-23(62-69(46,47)48)21(60-67(40,41)42)19(58-65(34,35)36)15(56-25)11-53-13-18(30)28(9-14-5-3-2-4-6-14)10-17(29)27-7-8-54-26-24(63-70(49,50)51)22(61-68(43,44)45)20(59-66(37,38)39)16(57-26)12-55-64(31,32)33/h2-6,15-16,19-26H,7-13H2,1H3,(H,27,29)(H,31,32,33)(H,34,35,36)(H,37,38,39)(H,40,41,42)(H,43,44,45)(H,46,47,48)(H,49,50,51)/t15-,16-,19+,20+,21-,22-,23+,24+,25-,26-/m0/s1. The number of methoxy groups -OCH3 is 1. The van der Waals surface area contributed by atoms with Gasteiger partial charge in [-0.25, -0.2) is 29.3 Å².